The van der Waals surface area contributed by atoms with Crippen LogP contribution in [0.4, 0.5) is 0 Å². The molecule has 3 atom stereocenters. The van der Waals surface area contributed by atoms with Crippen molar-refractivity contribution >= 4 is 11.7 Å². The van der Waals surface area contributed by atoms with E-state index in [1.165, 1.54) is 12.8 Å². The summed E-state index contributed by atoms with van der Waals surface area (Å²) in [6, 6.07) is 9.50. The first-order valence-electron chi connectivity index (χ1n) is 12.0. The third-order valence-electron chi connectivity index (χ3n) is 6.36. The fourth-order valence-electron chi connectivity index (χ4n) is 4.19. The molecule has 2 aliphatic rings. The number of amides is 1. The van der Waals surface area contributed by atoms with Crippen LogP contribution in [0.5, 0.6) is 5.75 Å². The Balaban J connectivity index is 1.25. The molecule has 1 aromatic rings. The Morgan fingerprint density at radius 3 is 2.65 bits per heavy atom. The quantitative estimate of drug-likeness (QED) is 0.406. The zero-order valence-electron chi connectivity index (χ0n) is 18.5. The van der Waals surface area contributed by atoms with Crippen LogP contribution in [0, 0.1) is 17.8 Å². The highest BCUT2D eigenvalue weighted by atomic mass is 16.5. The molecule has 3 rings (SSSR count). The van der Waals surface area contributed by atoms with E-state index < -0.39 is 6.10 Å². The van der Waals surface area contributed by atoms with Crippen LogP contribution in [0.25, 0.3) is 0 Å². The largest absolute Gasteiger partial charge is 0.491 e. The summed E-state index contributed by atoms with van der Waals surface area (Å²) in [4.78, 5) is 24.0. The van der Waals surface area contributed by atoms with Crippen molar-refractivity contribution in [2.24, 2.45) is 17.8 Å². The third-order valence-corrected chi connectivity index (χ3v) is 6.36. The summed E-state index contributed by atoms with van der Waals surface area (Å²) in [7, 11) is 0. The maximum Gasteiger partial charge on any atom is 0.220 e. The van der Waals surface area contributed by atoms with Gasteiger partial charge >= 0.3 is 0 Å². The van der Waals surface area contributed by atoms with Crippen molar-refractivity contribution in [3.8, 4) is 5.75 Å². The van der Waals surface area contributed by atoms with Gasteiger partial charge in [0.25, 0.3) is 0 Å². The molecule has 0 radical (unpaired) electrons. The van der Waals surface area contributed by atoms with Gasteiger partial charge < -0.3 is 15.2 Å². The lowest BCUT2D eigenvalue weighted by Crippen LogP contribution is -2.25. The van der Waals surface area contributed by atoms with Crippen LogP contribution in [0.1, 0.15) is 64.2 Å². The van der Waals surface area contributed by atoms with E-state index in [-0.39, 0.29) is 30.1 Å². The van der Waals surface area contributed by atoms with Gasteiger partial charge in [-0.25, -0.2) is 0 Å². The predicted molar refractivity (Wildman–Crippen MR) is 122 cm³/mol. The summed E-state index contributed by atoms with van der Waals surface area (Å²) in [5, 5.41) is 13.3. The summed E-state index contributed by atoms with van der Waals surface area (Å²) in [6.45, 7) is 1.12. The van der Waals surface area contributed by atoms with Crippen molar-refractivity contribution < 1.29 is 19.4 Å². The lowest BCUT2D eigenvalue weighted by Gasteiger charge is -2.20. The molecular formula is C26H37NO4. The van der Waals surface area contributed by atoms with E-state index in [2.05, 4.69) is 5.32 Å². The van der Waals surface area contributed by atoms with Gasteiger partial charge in [0, 0.05) is 18.9 Å². The number of unbranched alkanes of at least 4 members (excludes halogenated alkanes) is 3. The minimum atomic E-state index is -0.531. The van der Waals surface area contributed by atoms with Gasteiger partial charge in [-0.3, -0.25) is 9.59 Å². The summed E-state index contributed by atoms with van der Waals surface area (Å²) in [6.07, 6.45) is 12.7. The lowest BCUT2D eigenvalue weighted by molar-refractivity contribution is -0.121. The molecule has 5 nitrogen and oxygen atoms in total. The van der Waals surface area contributed by atoms with Gasteiger partial charge in [0.2, 0.25) is 5.91 Å². The molecule has 1 aromatic carbocycles. The Hall–Kier alpha value is -2.14. The van der Waals surface area contributed by atoms with Gasteiger partial charge in [-0.2, -0.15) is 0 Å². The van der Waals surface area contributed by atoms with Crippen LogP contribution in [-0.4, -0.2) is 36.1 Å². The topological polar surface area (TPSA) is 75.6 Å². The van der Waals surface area contributed by atoms with E-state index in [4.69, 9.17) is 4.74 Å². The molecule has 0 heterocycles. The van der Waals surface area contributed by atoms with Gasteiger partial charge in [0.05, 0.1) is 6.10 Å². The number of hydrogen-bond donors (Lipinski definition) is 2. The molecule has 31 heavy (non-hydrogen) atoms. The SMILES string of the molecule is O=C(CCCCCC[C@H]1C(=O)C=C[C@@H]1CC[C@@H](O)COc1ccccc1)NCC1CC1. The van der Waals surface area contributed by atoms with Crippen molar-refractivity contribution in [1.82, 2.24) is 5.32 Å². The van der Waals surface area contributed by atoms with Gasteiger partial charge in [0.15, 0.2) is 5.78 Å². The molecule has 1 fully saturated rings. The minimum Gasteiger partial charge on any atom is -0.491 e. The zero-order valence-corrected chi connectivity index (χ0v) is 18.5. The van der Waals surface area contributed by atoms with Crippen molar-refractivity contribution in [1.29, 1.82) is 0 Å². The number of allylic oxidation sites excluding steroid dienone is 2. The summed E-state index contributed by atoms with van der Waals surface area (Å²) < 4.78 is 5.62. The number of para-hydroxylation sites is 1. The maximum absolute atomic E-state index is 12.3. The van der Waals surface area contributed by atoms with Crippen LogP contribution in [0.2, 0.25) is 0 Å². The average molecular weight is 428 g/mol. The molecule has 170 valence electrons. The lowest BCUT2D eigenvalue weighted by atomic mass is 9.86. The smallest absolute Gasteiger partial charge is 0.220 e. The highest BCUT2D eigenvalue weighted by Gasteiger charge is 2.29. The molecule has 0 aromatic heterocycles. The number of nitrogens with one attached hydrogen (secondary N) is 1. The van der Waals surface area contributed by atoms with E-state index in [0.29, 0.717) is 12.8 Å². The Morgan fingerprint density at radius 1 is 1.10 bits per heavy atom. The van der Waals surface area contributed by atoms with Crippen LogP contribution in [0.3, 0.4) is 0 Å². The molecule has 1 saturated carbocycles. The molecule has 0 spiro atoms. The molecule has 2 N–H and O–H groups in total. The second-order valence-electron chi connectivity index (χ2n) is 9.09. The highest BCUT2D eigenvalue weighted by Crippen LogP contribution is 2.31. The second-order valence-corrected chi connectivity index (χ2v) is 9.09. The Labute approximate surface area is 186 Å². The summed E-state index contributed by atoms with van der Waals surface area (Å²) >= 11 is 0. The number of benzene rings is 1. The number of hydrogen-bond acceptors (Lipinski definition) is 4. The number of carbonyl (C=O) groups excluding carboxylic acids is 2. The average Bonchev–Trinajstić information content (AvgIpc) is 3.55. The Kier molecular flexibility index (Phi) is 9.60. The zero-order chi connectivity index (χ0) is 21.9. The summed E-state index contributed by atoms with van der Waals surface area (Å²) in [5.41, 5.74) is 0. The second kappa shape index (κ2) is 12.7. The molecule has 0 bridgehead atoms. The number of aliphatic hydroxyl groups excluding tert-OH is 1. The number of ether oxygens (including phenoxy) is 1. The van der Waals surface area contributed by atoms with Crippen LogP contribution in [-0.2, 0) is 9.59 Å². The van der Waals surface area contributed by atoms with Crippen molar-refractivity contribution in [2.75, 3.05) is 13.2 Å². The normalized spacial score (nSPS) is 21.3. The van der Waals surface area contributed by atoms with E-state index >= 15 is 0 Å². The Morgan fingerprint density at radius 2 is 1.87 bits per heavy atom. The standard InChI is InChI=1S/C26H37NO4/c28-22(19-31-23-8-4-3-5-9-23)16-14-21-15-17-25(29)24(21)10-6-1-2-7-11-26(30)27-18-20-12-13-20/h3-5,8-9,15,17,20-22,24,28H,1-2,6-7,10-14,16,18-19H2,(H,27,30)/t21-,22+,24+/m0/s1. The van der Waals surface area contributed by atoms with Gasteiger partial charge in [0.1, 0.15) is 12.4 Å². The van der Waals surface area contributed by atoms with E-state index in [1.807, 2.05) is 36.4 Å². The fourth-order valence-corrected chi connectivity index (χ4v) is 4.19. The maximum atomic E-state index is 12.3. The van der Waals surface area contributed by atoms with Gasteiger partial charge in [-0.1, -0.05) is 43.5 Å². The highest BCUT2D eigenvalue weighted by molar-refractivity contribution is 5.94. The number of carbonyl (C=O) groups is 2. The van der Waals surface area contributed by atoms with Gasteiger partial charge in [-0.05, 0) is 68.6 Å². The number of aliphatic hydroxyl groups is 1. The van der Waals surface area contributed by atoms with Crippen molar-refractivity contribution in [3.63, 3.8) is 0 Å². The summed E-state index contributed by atoms with van der Waals surface area (Å²) in [5.74, 6) is 2.15. The predicted octanol–water partition coefficient (Wildman–Crippen LogP) is 4.44. The number of rotatable bonds is 15. The fraction of sp³-hybridized carbons (Fsp3) is 0.615. The van der Waals surface area contributed by atoms with Gasteiger partial charge in [-0.15, -0.1) is 0 Å². The third kappa shape index (κ3) is 8.86. The van der Waals surface area contributed by atoms with Crippen LogP contribution in [0.15, 0.2) is 42.5 Å². The molecule has 2 aliphatic carbocycles. The molecule has 0 saturated heterocycles. The monoisotopic (exact) mass is 427 g/mol. The number of ketones is 1. The first kappa shape index (κ1) is 23.5. The van der Waals surface area contributed by atoms with E-state index in [9.17, 15) is 14.7 Å². The molecule has 1 amide bonds. The van der Waals surface area contributed by atoms with Crippen molar-refractivity contribution in [2.45, 2.75) is 70.3 Å². The van der Waals surface area contributed by atoms with Crippen molar-refractivity contribution in [3.05, 3.63) is 42.5 Å². The van der Waals surface area contributed by atoms with Crippen LogP contribution < -0.4 is 10.1 Å². The van der Waals surface area contributed by atoms with E-state index in [1.54, 1.807) is 6.08 Å². The molecule has 0 unspecified atom stereocenters. The molecule has 0 aliphatic heterocycles. The molecule has 5 heteroatoms. The Bertz CT molecular complexity index is 713. The first-order chi connectivity index (χ1) is 15.1. The van der Waals surface area contributed by atoms with E-state index in [0.717, 1.165) is 56.7 Å². The van der Waals surface area contributed by atoms with Crippen LogP contribution >= 0.6 is 0 Å². The minimum absolute atomic E-state index is 0.0454. The molecular weight excluding hydrogens is 390 g/mol. The first-order valence-corrected chi connectivity index (χ1v) is 12.0.